The molecule has 0 aliphatic heterocycles. The Labute approximate surface area is 127 Å². The summed E-state index contributed by atoms with van der Waals surface area (Å²) in [6.45, 7) is 3.72. The van der Waals surface area contributed by atoms with Gasteiger partial charge in [-0.05, 0) is 31.9 Å². The molecule has 1 heterocycles. The van der Waals surface area contributed by atoms with Crippen molar-refractivity contribution in [3.8, 4) is 0 Å². The van der Waals surface area contributed by atoms with Crippen molar-refractivity contribution in [1.29, 1.82) is 0 Å². The lowest BCUT2D eigenvalue weighted by atomic mass is 10.1. The predicted molar refractivity (Wildman–Crippen MR) is 81.8 cm³/mol. The molecular formula is C15H18FN3OS. The maximum Gasteiger partial charge on any atom is 0.315 e. The number of urea groups is 1. The Bertz CT molecular complexity index is 588. The third kappa shape index (κ3) is 4.53. The number of amides is 2. The number of carbonyl (C=O) groups excluding carboxylic acids is 1. The lowest BCUT2D eigenvalue weighted by Crippen LogP contribution is -2.42. The van der Waals surface area contributed by atoms with E-state index in [4.69, 9.17) is 0 Å². The second kappa shape index (κ2) is 7.17. The molecule has 2 atom stereocenters. The normalized spacial score (nSPS) is 13.5. The number of aromatic nitrogens is 1. The summed E-state index contributed by atoms with van der Waals surface area (Å²) in [6, 6.07) is 6.00. The average molecular weight is 307 g/mol. The van der Waals surface area contributed by atoms with Crippen molar-refractivity contribution < 1.29 is 9.18 Å². The monoisotopic (exact) mass is 307 g/mol. The first-order valence-electron chi connectivity index (χ1n) is 6.76. The van der Waals surface area contributed by atoms with Gasteiger partial charge in [-0.2, -0.15) is 0 Å². The second-order valence-electron chi connectivity index (χ2n) is 4.91. The number of carbonyl (C=O) groups is 1. The first kappa shape index (κ1) is 15.4. The summed E-state index contributed by atoms with van der Waals surface area (Å²) in [5.74, 6) is -0.247. The van der Waals surface area contributed by atoms with Crippen LogP contribution in [0.2, 0.25) is 0 Å². The number of thiazole rings is 1. The number of hydrogen-bond acceptors (Lipinski definition) is 3. The van der Waals surface area contributed by atoms with E-state index in [1.807, 2.05) is 19.2 Å². The van der Waals surface area contributed by atoms with Crippen LogP contribution in [0, 0.1) is 5.82 Å². The molecule has 0 radical (unpaired) electrons. The van der Waals surface area contributed by atoms with Crippen molar-refractivity contribution in [3.63, 3.8) is 0 Å². The first-order chi connectivity index (χ1) is 10.1. The van der Waals surface area contributed by atoms with E-state index < -0.39 is 0 Å². The van der Waals surface area contributed by atoms with Crippen molar-refractivity contribution in [3.05, 3.63) is 52.2 Å². The zero-order chi connectivity index (χ0) is 15.2. The van der Waals surface area contributed by atoms with Crippen LogP contribution in [0.3, 0.4) is 0 Å². The molecule has 112 valence electrons. The van der Waals surface area contributed by atoms with E-state index in [2.05, 4.69) is 15.6 Å². The van der Waals surface area contributed by atoms with Crippen molar-refractivity contribution in [1.82, 2.24) is 15.6 Å². The Morgan fingerprint density at radius 2 is 2.10 bits per heavy atom. The number of nitrogens with one attached hydrogen (secondary N) is 2. The number of halogens is 1. The number of nitrogens with zero attached hydrogens (tertiary/aromatic N) is 1. The first-order valence-corrected chi connectivity index (χ1v) is 7.64. The van der Waals surface area contributed by atoms with E-state index in [1.165, 1.54) is 17.4 Å². The summed E-state index contributed by atoms with van der Waals surface area (Å²) in [5, 5.41) is 8.35. The van der Waals surface area contributed by atoms with Crippen LogP contribution in [-0.2, 0) is 6.42 Å². The fourth-order valence-corrected chi connectivity index (χ4v) is 2.66. The SMILES string of the molecule is C[C@H](Cc1ccccc1F)NC(=O)N[C@@H](C)c1nccs1. The maximum absolute atomic E-state index is 13.5. The molecule has 0 saturated heterocycles. The molecule has 2 aromatic rings. The van der Waals surface area contributed by atoms with Crippen molar-refractivity contribution >= 4 is 17.4 Å². The van der Waals surface area contributed by atoms with Crippen LogP contribution in [0.4, 0.5) is 9.18 Å². The third-order valence-electron chi connectivity index (χ3n) is 3.03. The summed E-state index contributed by atoms with van der Waals surface area (Å²) in [5.41, 5.74) is 0.596. The van der Waals surface area contributed by atoms with Gasteiger partial charge in [-0.25, -0.2) is 14.2 Å². The van der Waals surface area contributed by atoms with Gasteiger partial charge in [-0.15, -0.1) is 11.3 Å². The van der Waals surface area contributed by atoms with Crippen molar-refractivity contribution in [2.45, 2.75) is 32.4 Å². The quantitative estimate of drug-likeness (QED) is 0.890. The zero-order valence-electron chi connectivity index (χ0n) is 12.0. The lowest BCUT2D eigenvalue weighted by Gasteiger charge is -2.17. The van der Waals surface area contributed by atoms with E-state index in [0.29, 0.717) is 12.0 Å². The molecular weight excluding hydrogens is 289 g/mol. The van der Waals surface area contributed by atoms with Crippen molar-refractivity contribution in [2.24, 2.45) is 0 Å². The zero-order valence-corrected chi connectivity index (χ0v) is 12.8. The van der Waals surface area contributed by atoms with Gasteiger partial charge in [0.1, 0.15) is 10.8 Å². The largest absolute Gasteiger partial charge is 0.335 e. The van der Waals surface area contributed by atoms with Crippen LogP contribution in [0.1, 0.15) is 30.5 Å². The molecule has 1 aromatic carbocycles. The number of hydrogen-bond donors (Lipinski definition) is 2. The Morgan fingerprint density at radius 3 is 2.76 bits per heavy atom. The minimum Gasteiger partial charge on any atom is -0.335 e. The molecule has 6 heteroatoms. The molecule has 0 aliphatic rings. The average Bonchev–Trinajstić information content (AvgIpc) is 2.95. The topological polar surface area (TPSA) is 54.0 Å². The molecule has 0 unspecified atom stereocenters. The van der Waals surface area contributed by atoms with Gasteiger partial charge in [-0.3, -0.25) is 0 Å². The van der Waals surface area contributed by atoms with Gasteiger partial charge in [0.15, 0.2) is 0 Å². The van der Waals surface area contributed by atoms with Crippen LogP contribution in [0.5, 0.6) is 0 Å². The second-order valence-corrected chi connectivity index (χ2v) is 5.83. The minimum atomic E-state index is -0.276. The Morgan fingerprint density at radius 1 is 1.33 bits per heavy atom. The van der Waals surface area contributed by atoms with E-state index >= 15 is 0 Å². The molecule has 4 nitrogen and oxygen atoms in total. The third-order valence-corrected chi connectivity index (χ3v) is 3.99. The fourth-order valence-electron chi connectivity index (χ4n) is 2.02. The predicted octanol–water partition coefficient (Wildman–Crippen LogP) is 3.27. The van der Waals surface area contributed by atoms with Gasteiger partial charge in [0.05, 0.1) is 6.04 Å². The van der Waals surface area contributed by atoms with Crippen molar-refractivity contribution in [2.75, 3.05) is 0 Å². The highest BCUT2D eigenvalue weighted by Gasteiger charge is 2.14. The van der Waals surface area contributed by atoms with E-state index in [9.17, 15) is 9.18 Å². The molecule has 2 rings (SSSR count). The molecule has 2 amide bonds. The maximum atomic E-state index is 13.5. The highest BCUT2D eigenvalue weighted by Crippen LogP contribution is 2.14. The van der Waals surface area contributed by atoms with Gasteiger partial charge in [0.2, 0.25) is 0 Å². The molecule has 0 aliphatic carbocycles. The van der Waals surface area contributed by atoms with Crippen LogP contribution in [-0.4, -0.2) is 17.1 Å². The smallest absolute Gasteiger partial charge is 0.315 e. The molecule has 21 heavy (non-hydrogen) atoms. The molecule has 0 spiro atoms. The number of benzene rings is 1. The molecule has 0 bridgehead atoms. The van der Waals surface area contributed by atoms with Gasteiger partial charge < -0.3 is 10.6 Å². The van der Waals surface area contributed by atoms with Crippen LogP contribution < -0.4 is 10.6 Å². The van der Waals surface area contributed by atoms with Crippen LogP contribution >= 0.6 is 11.3 Å². The molecule has 2 N–H and O–H groups in total. The summed E-state index contributed by atoms with van der Waals surface area (Å²) in [7, 11) is 0. The molecule has 1 aromatic heterocycles. The number of rotatable bonds is 5. The van der Waals surface area contributed by atoms with Gasteiger partial charge in [0, 0.05) is 17.6 Å². The van der Waals surface area contributed by atoms with Crippen LogP contribution in [0.15, 0.2) is 35.8 Å². The van der Waals surface area contributed by atoms with Gasteiger partial charge >= 0.3 is 6.03 Å². The standard InChI is InChI=1S/C15H18FN3OS/c1-10(9-12-5-3-4-6-13(12)16)18-15(20)19-11(2)14-17-7-8-21-14/h3-8,10-11H,9H2,1-2H3,(H2,18,19,20)/t10-,11+/m1/s1. The van der Waals surface area contributed by atoms with E-state index in [-0.39, 0.29) is 23.9 Å². The van der Waals surface area contributed by atoms with Gasteiger partial charge in [-0.1, -0.05) is 18.2 Å². The summed E-state index contributed by atoms with van der Waals surface area (Å²) in [6.07, 6.45) is 2.16. The molecule has 0 fully saturated rings. The Hall–Kier alpha value is -1.95. The highest BCUT2D eigenvalue weighted by atomic mass is 32.1. The Balaban J connectivity index is 1.83. The molecule has 0 saturated carbocycles. The highest BCUT2D eigenvalue weighted by molar-refractivity contribution is 7.09. The van der Waals surface area contributed by atoms with E-state index in [1.54, 1.807) is 24.4 Å². The summed E-state index contributed by atoms with van der Waals surface area (Å²) >= 11 is 1.49. The van der Waals surface area contributed by atoms with E-state index in [0.717, 1.165) is 5.01 Å². The summed E-state index contributed by atoms with van der Waals surface area (Å²) in [4.78, 5) is 16.0. The summed E-state index contributed by atoms with van der Waals surface area (Å²) < 4.78 is 13.5. The lowest BCUT2D eigenvalue weighted by molar-refractivity contribution is 0.234. The van der Waals surface area contributed by atoms with Crippen LogP contribution in [0.25, 0.3) is 0 Å². The Kier molecular flexibility index (Phi) is 5.27. The van der Waals surface area contributed by atoms with Gasteiger partial charge in [0.25, 0.3) is 0 Å². The fraction of sp³-hybridized carbons (Fsp3) is 0.333. The minimum absolute atomic E-state index is 0.148.